The maximum Gasteiger partial charge on any atom is 0.254 e. The molecule has 2 saturated heterocycles. The summed E-state index contributed by atoms with van der Waals surface area (Å²) in [6.45, 7) is 3.06. The van der Waals surface area contributed by atoms with Crippen LogP contribution in [-0.4, -0.2) is 42.5 Å². The van der Waals surface area contributed by atoms with Crippen LogP contribution < -0.4 is 17.3 Å². The van der Waals surface area contributed by atoms with Crippen molar-refractivity contribution in [3.8, 4) is 0 Å². The Morgan fingerprint density at radius 2 is 1.79 bits per heavy atom. The maximum absolute atomic E-state index is 13.1. The minimum atomic E-state index is 0. The topological polar surface area (TPSA) is 24.8 Å². The van der Waals surface area contributed by atoms with Gasteiger partial charge in [-0.15, -0.1) is 0 Å². The SMILES string of the molecule is CCCCN(C(=O)c1ccc(Cl)cc1)C1CC2CCC(C1)[NH+]2C.[Cl-]. The molecule has 2 aliphatic heterocycles. The van der Waals surface area contributed by atoms with Crippen LogP contribution in [0.15, 0.2) is 24.3 Å². The van der Waals surface area contributed by atoms with Gasteiger partial charge in [-0.1, -0.05) is 24.9 Å². The van der Waals surface area contributed by atoms with Gasteiger partial charge < -0.3 is 22.2 Å². The molecule has 1 aromatic carbocycles. The summed E-state index contributed by atoms with van der Waals surface area (Å²) >= 11 is 5.96. The van der Waals surface area contributed by atoms with Gasteiger partial charge in [0.1, 0.15) is 0 Å². The Bertz CT molecular complexity index is 535. The molecular weight excluding hydrogens is 343 g/mol. The van der Waals surface area contributed by atoms with E-state index >= 15 is 0 Å². The Morgan fingerprint density at radius 1 is 1.21 bits per heavy atom. The van der Waals surface area contributed by atoms with Crippen molar-refractivity contribution in [1.29, 1.82) is 0 Å². The van der Waals surface area contributed by atoms with Crippen molar-refractivity contribution in [2.75, 3.05) is 13.6 Å². The number of amides is 1. The van der Waals surface area contributed by atoms with Crippen LogP contribution in [0.3, 0.4) is 0 Å². The molecule has 0 radical (unpaired) electrons. The van der Waals surface area contributed by atoms with E-state index < -0.39 is 0 Å². The largest absolute Gasteiger partial charge is 1.00 e. The van der Waals surface area contributed by atoms with Crippen molar-refractivity contribution in [1.82, 2.24) is 4.90 Å². The lowest BCUT2D eigenvalue weighted by molar-refractivity contribution is -0.922. The summed E-state index contributed by atoms with van der Waals surface area (Å²) in [5, 5.41) is 0.683. The number of carbonyl (C=O) groups is 1. The molecule has 134 valence electrons. The third kappa shape index (κ3) is 4.07. The number of hydrogen-bond donors (Lipinski definition) is 1. The van der Waals surface area contributed by atoms with Gasteiger partial charge in [0, 0.05) is 48.9 Å². The molecule has 3 nitrogen and oxygen atoms in total. The predicted octanol–water partition coefficient (Wildman–Crippen LogP) is -0.206. The second-order valence-electron chi connectivity index (χ2n) is 7.20. The van der Waals surface area contributed by atoms with E-state index in [1.165, 1.54) is 12.8 Å². The summed E-state index contributed by atoms with van der Waals surface area (Å²) < 4.78 is 0. The molecule has 1 N–H and O–H groups in total. The molecule has 2 aliphatic rings. The zero-order chi connectivity index (χ0) is 16.4. The number of hydrogen-bond acceptors (Lipinski definition) is 1. The lowest BCUT2D eigenvalue weighted by Crippen LogP contribution is -3.15. The van der Waals surface area contributed by atoms with Crippen molar-refractivity contribution in [2.24, 2.45) is 0 Å². The molecule has 24 heavy (non-hydrogen) atoms. The molecule has 2 unspecified atom stereocenters. The zero-order valence-electron chi connectivity index (χ0n) is 14.6. The fourth-order valence-electron chi connectivity index (χ4n) is 4.34. The number of benzene rings is 1. The highest BCUT2D eigenvalue weighted by molar-refractivity contribution is 6.30. The second-order valence-corrected chi connectivity index (χ2v) is 7.64. The number of piperidine rings is 1. The molecule has 0 aromatic heterocycles. The van der Waals surface area contributed by atoms with Crippen molar-refractivity contribution in [2.45, 2.75) is 63.6 Å². The normalized spacial score (nSPS) is 28.3. The minimum Gasteiger partial charge on any atom is -1.00 e. The van der Waals surface area contributed by atoms with E-state index in [-0.39, 0.29) is 18.3 Å². The number of rotatable bonds is 5. The number of quaternary nitrogens is 1. The summed E-state index contributed by atoms with van der Waals surface area (Å²) in [4.78, 5) is 16.9. The van der Waals surface area contributed by atoms with Gasteiger partial charge >= 0.3 is 0 Å². The highest BCUT2D eigenvalue weighted by Gasteiger charge is 2.44. The third-order valence-electron chi connectivity index (χ3n) is 5.81. The van der Waals surface area contributed by atoms with Crippen LogP contribution in [0.2, 0.25) is 5.02 Å². The van der Waals surface area contributed by atoms with Crippen LogP contribution in [0.1, 0.15) is 55.8 Å². The van der Waals surface area contributed by atoms with Gasteiger partial charge in [-0.25, -0.2) is 0 Å². The van der Waals surface area contributed by atoms with Gasteiger partial charge in [0.05, 0.1) is 19.1 Å². The van der Waals surface area contributed by atoms with Gasteiger partial charge in [-0.05, 0) is 30.7 Å². The van der Waals surface area contributed by atoms with Crippen LogP contribution in [0.5, 0.6) is 0 Å². The monoisotopic (exact) mass is 370 g/mol. The molecule has 2 atom stereocenters. The van der Waals surface area contributed by atoms with Gasteiger partial charge in [-0.2, -0.15) is 0 Å². The Hall–Kier alpha value is -0.770. The first-order valence-corrected chi connectivity index (χ1v) is 9.37. The molecular formula is C19H28Cl2N2O. The first-order chi connectivity index (χ1) is 11.1. The van der Waals surface area contributed by atoms with Gasteiger partial charge in [0.2, 0.25) is 0 Å². The smallest absolute Gasteiger partial charge is 0.254 e. The third-order valence-corrected chi connectivity index (χ3v) is 6.06. The molecule has 0 spiro atoms. The van der Waals surface area contributed by atoms with Crippen LogP contribution in [0, 0.1) is 0 Å². The number of unbranched alkanes of at least 4 members (excludes halogenated alkanes) is 1. The van der Waals surface area contributed by atoms with Crippen LogP contribution in [0.4, 0.5) is 0 Å². The average Bonchev–Trinajstić information content (AvgIpc) is 2.76. The molecule has 0 aliphatic carbocycles. The van der Waals surface area contributed by atoms with Crippen LogP contribution in [-0.2, 0) is 0 Å². The first-order valence-electron chi connectivity index (χ1n) is 9.00. The summed E-state index contributed by atoms with van der Waals surface area (Å²) in [5.41, 5.74) is 0.768. The van der Waals surface area contributed by atoms with E-state index in [0.717, 1.165) is 49.9 Å². The minimum absolute atomic E-state index is 0. The number of carbonyl (C=O) groups excluding carboxylic acids is 1. The lowest BCUT2D eigenvalue weighted by Gasteiger charge is -2.40. The average molecular weight is 371 g/mol. The Labute approximate surface area is 156 Å². The second kappa shape index (κ2) is 8.55. The van der Waals surface area contributed by atoms with E-state index in [0.29, 0.717) is 11.1 Å². The first kappa shape index (κ1) is 19.6. The summed E-state index contributed by atoms with van der Waals surface area (Å²) in [6, 6.07) is 9.23. The van der Waals surface area contributed by atoms with E-state index in [9.17, 15) is 4.79 Å². The standard InChI is InChI=1S/C19H27ClN2O.ClH/c1-3-4-11-22(19(23)14-5-7-15(20)8-6-14)18-12-16-9-10-17(13-18)21(16)2;/h5-8,16-18H,3-4,9-13H2,1-2H3;1H. The molecule has 5 heteroatoms. The Morgan fingerprint density at radius 3 is 2.33 bits per heavy atom. The molecule has 2 bridgehead atoms. The van der Waals surface area contributed by atoms with Crippen molar-refractivity contribution >= 4 is 17.5 Å². The molecule has 2 heterocycles. The van der Waals surface area contributed by atoms with E-state index in [1.54, 1.807) is 4.90 Å². The zero-order valence-corrected chi connectivity index (χ0v) is 16.1. The fraction of sp³-hybridized carbons (Fsp3) is 0.632. The van der Waals surface area contributed by atoms with Gasteiger partial charge in [-0.3, -0.25) is 4.79 Å². The van der Waals surface area contributed by atoms with Crippen molar-refractivity contribution in [3.63, 3.8) is 0 Å². The molecule has 0 saturated carbocycles. The summed E-state index contributed by atoms with van der Waals surface area (Å²) in [5.74, 6) is 0.180. The number of fused-ring (bicyclic) bond motifs is 2. The quantitative estimate of drug-likeness (QED) is 0.762. The lowest BCUT2D eigenvalue weighted by atomic mass is 9.95. The van der Waals surface area contributed by atoms with E-state index in [4.69, 9.17) is 11.6 Å². The van der Waals surface area contributed by atoms with Crippen LogP contribution >= 0.6 is 11.6 Å². The van der Waals surface area contributed by atoms with Gasteiger partial charge in [0.25, 0.3) is 5.91 Å². The maximum atomic E-state index is 13.1. The number of halogens is 2. The van der Waals surface area contributed by atoms with Crippen LogP contribution in [0.25, 0.3) is 0 Å². The fourth-order valence-corrected chi connectivity index (χ4v) is 4.47. The van der Waals surface area contributed by atoms with Crippen molar-refractivity contribution < 1.29 is 22.1 Å². The molecule has 1 amide bonds. The predicted molar refractivity (Wildman–Crippen MR) is 94.1 cm³/mol. The highest BCUT2D eigenvalue weighted by Crippen LogP contribution is 2.27. The number of nitrogens with zero attached hydrogens (tertiary/aromatic N) is 1. The molecule has 1 aromatic rings. The van der Waals surface area contributed by atoms with Crippen molar-refractivity contribution in [3.05, 3.63) is 34.9 Å². The van der Waals surface area contributed by atoms with Gasteiger partial charge in [0.15, 0.2) is 0 Å². The highest BCUT2D eigenvalue weighted by atomic mass is 35.5. The Balaban J connectivity index is 0.00000208. The Kier molecular flexibility index (Phi) is 6.97. The molecule has 3 rings (SSSR count). The summed E-state index contributed by atoms with van der Waals surface area (Å²) in [6.07, 6.45) is 7.16. The van der Waals surface area contributed by atoms with E-state index in [2.05, 4.69) is 18.9 Å². The molecule has 2 fully saturated rings. The summed E-state index contributed by atoms with van der Waals surface area (Å²) in [7, 11) is 2.33. The number of nitrogens with one attached hydrogen (secondary N) is 1. The van der Waals surface area contributed by atoms with E-state index in [1.807, 2.05) is 24.3 Å².